The number of carboxylic acids is 1. The molecule has 0 radical (unpaired) electrons. The largest absolute Gasteiger partial charge is 0.480 e. The van der Waals surface area contributed by atoms with Gasteiger partial charge in [-0.3, -0.25) is 14.4 Å². The van der Waals surface area contributed by atoms with Crippen molar-refractivity contribution in [3.05, 3.63) is 35.9 Å². The Kier molecular flexibility index (Phi) is 10.7. The minimum absolute atomic E-state index is 0.0286. The molecule has 31 heavy (non-hydrogen) atoms. The van der Waals surface area contributed by atoms with Gasteiger partial charge in [0.05, 0.1) is 6.04 Å². The average molecular weight is 435 g/mol. The Balaban J connectivity index is 2.93. The lowest BCUT2D eigenvalue weighted by Gasteiger charge is -2.23. The second-order valence-electron chi connectivity index (χ2n) is 8.21. The van der Waals surface area contributed by atoms with Crippen LogP contribution in [0.2, 0.25) is 0 Å². The highest BCUT2D eigenvalue weighted by Gasteiger charge is 2.28. The zero-order valence-electron chi connectivity index (χ0n) is 18.6. The van der Waals surface area contributed by atoms with Crippen molar-refractivity contribution < 1.29 is 24.3 Å². The first-order valence-electron chi connectivity index (χ1n) is 10.3. The van der Waals surface area contributed by atoms with Gasteiger partial charge in [-0.2, -0.15) is 0 Å². The summed E-state index contributed by atoms with van der Waals surface area (Å²) in [5, 5.41) is 14.6. The second-order valence-corrected chi connectivity index (χ2v) is 8.21. The first kappa shape index (κ1) is 26.1. The van der Waals surface area contributed by atoms with Gasteiger partial charge in [-0.05, 0) is 24.3 Å². The summed E-state index contributed by atoms with van der Waals surface area (Å²) >= 11 is 0. The highest BCUT2D eigenvalue weighted by molar-refractivity contribution is 5.92. The van der Waals surface area contributed by atoms with Crippen LogP contribution < -0.4 is 16.4 Å². The van der Waals surface area contributed by atoms with Gasteiger partial charge >= 0.3 is 5.97 Å². The van der Waals surface area contributed by atoms with Gasteiger partial charge in [0.15, 0.2) is 0 Å². The summed E-state index contributed by atoms with van der Waals surface area (Å²) in [6.45, 7) is 3.88. The number of nitrogens with one attached hydrogen (secondary N) is 2. The molecule has 3 amide bonds. The number of aliphatic carboxylic acids is 1. The number of carbonyl (C=O) groups excluding carboxylic acids is 3. The van der Waals surface area contributed by atoms with E-state index in [-0.39, 0.29) is 31.1 Å². The average Bonchev–Trinajstić information content (AvgIpc) is 2.69. The van der Waals surface area contributed by atoms with Crippen molar-refractivity contribution in [3.63, 3.8) is 0 Å². The maximum Gasteiger partial charge on any atom is 0.326 e. The van der Waals surface area contributed by atoms with Gasteiger partial charge in [-0.1, -0.05) is 44.2 Å². The molecule has 0 saturated carbocycles. The Hall–Kier alpha value is -2.94. The number of hydrogen-bond acceptors (Lipinski definition) is 5. The molecule has 1 rings (SSSR count). The van der Waals surface area contributed by atoms with Gasteiger partial charge in [-0.15, -0.1) is 0 Å². The molecule has 9 heteroatoms. The number of nitrogens with zero attached hydrogens (tertiary/aromatic N) is 1. The fraction of sp³-hybridized carbons (Fsp3) is 0.545. The molecule has 0 aliphatic heterocycles. The number of carboxylic acid groups (broad SMARTS) is 1. The van der Waals surface area contributed by atoms with Gasteiger partial charge in [0.2, 0.25) is 17.7 Å². The topological polar surface area (TPSA) is 142 Å². The molecule has 0 bridgehead atoms. The van der Waals surface area contributed by atoms with Crippen molar-refractivity contribution in [1.29, 1.82) is 0 Å². The van der Waals surface area contributed by atoms with Gasteiger partial charge in [0.25, 0.3) is 0 Å². The first-order chi connectivity index (χ1) is 14.5. The van der Waals surface area contributed by atoms with E-state index in [0.717, 1.165) is 5.56 Å². The second kappa shape index (κ2) is 12.7. The SMILES string of the molecule is CC(C)C[C@H](N)C(=O)N[C@@H](Cc1ccccc1)C(=O)N[C@@H](CCC(=O)N(C)C)C(=O)O. The summed E-state index contributed by atoms with van der Waals surface area (Å²) in [5.41, 5.74) is 6.74. The van der Waals surface area contributed by atoms with Crippen molar-refractivity contribution in [2.45, 2.75) is 57.7 Å². The molecule has 0 heterocycles. The van der Waals surface area contributed by atoms with Crippen molar-refractivity contribution >= 4 is 23.7 Å². The Morgan fingerprint density at radius 1 is 1.00 bits per heavy atom. The first-order valence-corrected chi connectivity index (χ1v) is 10.3. The summed E-state index contributed by atoms with van der Waals surface area (Å²) < 4.78 is 0. The predicted molar refractivity (Wildman–Crippen MR) is 117 cm³/mol. The number of rotatable bonds is 12. The Bertz CT molecular complexity index is 752. The molecule has 172 valence electrons. The lowest BCUT2D eigenvalue weighted by atomic mass is 10.0. The third-order valence-corrected chi connectivity index (χ3v) is 4.74. The summed E-state index contributed by atoms with van der Waals surface area (Å²) in [4.78, 5) is 50.2. The summed E-state index contributed by atoms with van der Waals surface area (Å²) in [6.07, 6.45) is 0.544. The molecule has 1 aromatic rings. The van der Waals surface area contributed by atoms with Crippen LogP contribution in [0.4, 0.5) is 0 Å². The van der Waals surface area contributed by atoms with Crippen LogP contribution in [0.1, 0.15) is 38.7 Å². The highest BCUT2D eigenvalue weighted by atomic mass is 16.4. The molecule has 0 saturated heterocycles. The number of benzene rings is 1. The highest BCUT2D eigenvalue weighted by Crippen LogP contribution is 2.08. The number of nitrogens with two attached hydrogens (primary N) is 1. The molecule has 3 atom stereocenters. The monoisotopic (exact) mass is 434 g/mol. The van der Waals surface area contributed by atoms with E-state index in [2.05, 4.69) is 10.6 Å². The smallest absolute Gasteiger partial charge is 0.326 e. The van der Waals surface area contributed by atoms with E-state index in [9.17, 15) is 24.3 Å². The lowest BCUT2D eigenvalue weighted by Crippen LogP contribution is -2.55. The van der Waals surface area contributed by atoms with Gasteiger partial charge in [-0.25, -0.2) is 4.79 Å². The minimum Gasteiger partial charge on any atom is -0.480 e. The maximum atomic E-state index is 12.9. The molecule has 0 aliphatic carbocycles. The fourth-order valence-electron chi connectivity index (χ4n) is 2.97. The molecule has 9 nitrogen and oxygen atoms in total. The van der Waals surface area contributed by atoms with E-state index in [0.29, 0.717) is 6.42 Å². The van der Waals surface area contributed by atoms with Crippen LogP contribution in [0, 0.1) is 5.92 Å². The van der Waals surface area contributed by atoms with Crippen LogP contribution in [-0.4, -0.2) is 65.9 Å². The van der Waals surface area contributed by atoms with E-state index in [1.165, 1.54) is 4.90 Å². The van der Waals surface area contributed by atoms with Gasteiger partial charge in [0.1, 0.15) is 12.1 Å². The zero-order valence-corrected chi connectivity index (χ0v) is 18.6. The Labute approximate surface area is 183 Å². The standard InChI is InChI=1S/C22H34N4O5/c1-14(2)12-16(23)20(28)25-18(13-15-8-6-5-7-9-15)21(29)24-17(22(30)31)10-11-19(27)26(3)4/h5-9,14,16-18H,10-13,23H2,1-4H3,(H,24,29)(H,25,28)(H,30,31)/t16-,17-,18-/m0/s1. The number of hydrogen-bond donors (Lipinski definition) is 4. The van der Waals surface area contributed by atoms with Crippen LogP contribution in [0.25, 0.3) is 0 Å². The van der Waals surface area contributed by atoms with Crippen molar-refractivity contribution in [2.24, 2.45) is 11.7 Å². The third-order valence-electron chi connectivity index (χ3n) is 4.74. The maximum absolute atomic E-state index is 12.9. The van der Waals surface area contributed by atoms with Crippen LogP contribution in [0.5, 0.6) is 0 Å². The number of amides is 3. The molecule has 1 aromatic carbocycles. The molecule has 0 aliphatic rings. The number of carbonyl (C=O) groups is 4. The Morgan fingerprint density at radius 2 is 1.58 bits per heavy atom. The van der Waals surface area contributed by atoms with Crippen molar-refractivity contribution in [2.75, 3.05) is 14.1 Å². The molecule has 0 fully saturated rings. The van der Waals surface area contributed by atoms with Gasteiger partial charge < -0.3 is 26.4 Å². The molecule has 0 unspecified atom stereocenters. The summed E-state index contributed by atoms with van der Waals surface area (Å²) in [7, 11) is 3.14. The minimum atomic E-state index is -1.25. The van der Waals surface area contributed by atoms with E-state index in [4.69, 9.17) is 5.73 Å². The van der Waals surface area contributed by atoms with Crippen LogP contribution in [-0.2, 0) is 25.6 Å². The normalized spacial score (nSPS) is 13.7. The Morgan fingerprint density at radius 3 is 2.10 bits per heavy atom. The molecule has 0 aromatic heterocycles. The lowest BCUT2D eigenvalue weighted by molar-refractivity contribution is -0.142. The molecule has 0 spiro atoms. The predicted octanol–water partition coefficient (Wildman–Crippen LogP) is 0.525. The summed E-state index contributed by atoms with van der Waals surface area (Å²) in [6, 6.07) is 6.04. The van der Waals surface area contributed by atoms with E-state index < -0.39 is 35.9 Å². The van der Waals surface area contributed by atoms with Crippen LogP contribution in [0.15, 0.2) is 30.3 Å². The van der Waals surface area contributed by atoms with Gasteiger partial charge in [0, 0.05) is 26.9 Å². The fourth-order valence-corrected chi connectivity index (χ4v) is 2.97. The molecular formula is C22H34N4O5. The van der Waals surface area contributed by atoms with Crippen LogP contribution in [0.3, 0.4) is 0 Å². The third kappa shape index (κ3) is 9.61. The van der Waals surface area contributed by atoms with E-state index in [1.807, 2.05) is 44.2 Å². The van der Waals surface area contributed by atoms with Crippen molar-refractivity contribution in [3.8, 4) is 0 Å². The zero-order chi connectivity index (χ0) is 23.6. The quantitative estimate of drug-likeness (QED) is 0.378. The van der Waals surface area contributed by atoms with E-state index >= 15 is 0 Å². The van der Waals surface area contributed by atoms with Crippen molar-refractivity contribution in [1.82, 2.24) is 15.5 Å². The summed E-state index contributed by atoms with van der Waals surface area (Å²) in [5.74, 6) is -2.40. The molecular weight excluding hydrogens is 400 g/mol. The van der Waals surface area contributed by atoms with Crippen LogP contribution >= 0.6 is 0 Å². The molecule has 5 N–H and O–H groups in total. The van der Waals surface area contributed by atoms with E-state index in [1.54, 1.807) is 14.1 Å².